The fourth-order valence-corrected chi connectivity index (χ4v) is 4.26. The topological polar surface area (TPSA) is 92.7 Å². The molecular formula is C19H30N6O3. The minimum Gasteiger partial charge on any atom is -0.394 e. The molecule has 0 amide bonds. The molecule has 2 aliphatic heterocycles. The zero-order valence-corrected chi connectivity index (χ0v) is 16.8. The van der Waals surface area contributed by atoms with Crippen LogP contribution in [0.3, 0.4) is 0 Å². The number of ether oxygens (including phenoxy) is 1. The van der Waals surface area contributed by atoms with Crippen LogP contribution in [0.25, 0.3) is 0 Å². The third-order valence-electron chi connectivity index (χ3n) is 5.80. The molecule has 2 aromatic heterocycles. The van der Waals surface area contributed by atoms with E-state index in [1.165, 1.54) is 5.56 Å². The average Bonchev–Trinajstić information content (AvgIpc) is 3.23. The summed E-state index contributed by atoms with van der Waals surface area (Å²) in [7, 11) is 0. The molecule has 1 spiro atoms. The molecule has 4 heterocycles. The van der Waals surface area contributed by atoms with E-state index in [4.69, 9.17) is 14.4 Å². The first-order valence-electron chi connectivity index (χ1n) is 10.1. The highest BCUT2D eigenvalue weighted by molar-refractivity contribution is 5.15. The number of morpholine rings is 1. The van der Waals surface area contributed by atoms with Gasteiger partial charge in [-0.1, -0.05) is 5.16 Å². The fourth-order valence-electron chi connectivity index (χ4n) is 4.26. The zero-order chi connectivity index (χ0) is 19.6. The number of aryl methyl sites for hydroxylation is 2. The number of nitrogens with zero attached hydrogens (tertiary/aromatic N) is 6. The summed E-state index contributed by atoms with van der Waals surface area (Å²) < 4.78 is 13.2. The number of piperidine rings is 1. The highest BCUT2D eigenvalue weighted by Gasteiger charge is 2.40. The van der Waals surface area contributed by atoms with Crippen LogP contribution < -0.4 is 0 Å². The maximum atomic E-state index is 9.10. The second kappa shape index (κ2) is 8.28. The van der Waals surface area contributed by atoms with Crippen LogP contribution in [0.2, 0.25) is 0 Å². The summed E-state index contributed by atoms with van der Waals surface area (Å²) in [4.78, 5) is 9.19. The highest BCUT2D eigenvalue weighted by Crippen LogP contribution is 2.31. The van der Waals surface area contributed by atoms with E-state index in [1.54, 1.807) is 0 Å². The van der Waals surface area contributed by atoms with Crippen molar-refractivity contribution >= 4 is 0 Å². The molecule has 9 heteroatoms. The van der Waals surface area contributed by atoms with Crippen LogP contribution in [0.15, 0.2) is 10.7 Å². The van der Waals surface area contributed by atoms with Crippen molar-refractivity contribution in [3.8, 4) is 0 Å². The molecule has 0 radical (unpaired) electrons. The Hall–Kier alpha value is -1.81. The average molecular weight is 390 g/mol. The van der Waals surface area contributed by atoms with Gasteiger partial charge in [0.25, 0.3) is 0 Å². The molecule has 0 aromatic carbocycles. The number of hydrogen-bond donors (Lipinski definition) is 1. The lowest BCUT2D eigenvalue weighted by Crippen LogP contribution is -2.56. The molecule has 0 unspecified atom stereocenters. The van der Waals surface area contributed by atoms with Crippen LogP contribution in [-0.4, -0.2) is 79.8 Å². The first kappa shape index (κ1) is 19.5. The Bertz CT molecular complexity index is 780. The van der Waals surface area contributed by atoms with E-state index in [2.05, 4.69) is 31.2 Å². The summed E-state index contributed by atoms with van der Waals surface area (Å²) in [6.07, 6.45) is 4.11. The Morgan fingerprint density at radius 1 is 1.14 bits per heavy atom. The lowest BCUT2D eigenvalue weighted by molar-refractivity contribution is -0.138. The Kier molecular flexibility index (Phi) is 5.77. The Labute approximate surface area is 165 Å². The van der Waals surface area contributed by atoms with Gasteiger partial charge in [0.2, 0.25) is 5.89 Å². The molecular weight excluding hydrogens is 360 g/mol. The number of aliphatic hydroxyl groups is 1. The number of rotatable bonds is 6. The smallest absolute Gasteiger partial charge is 0.223 e. The van der Waals surface area contributed by atoms with Gasteiger partial charge in [0.1, 0.15) is 0 Å². The number of aromatic nitrogens is 4. The van der Waals surface area contributed by atoms with E-state index in [-0.39, 0.29) is 12.2 Å². The van der Waals surface area contributed by atoms with Crippen LogP contribution in [0.4, 0.5) is 0 Å². The fraction of sp³-hybridized carbons (Fsp3) is 0.737. The first-order chi connectivity index (χ1) is 13.5. The van der Waals surface area contributed by atoms with Gasteiger partial charge in [-0.3, -0.25) is 14.5 Å². The largest absolute Gasteiger partial charge is 0.394 e. The van der Waals surface area contributed by atoms with Crippen molar-refractivity contribution in [2.45, 2.75) is 51.9 Å². The summed E-state index contributed by atoms with van der Waals surface area (Å²) in [5, 5.41) is 17.6. The van der Waals surface area contributed by atoms with E-state index in [0.29, 0.717) is 12.4 Å². The molecule has 154 valence electrons. The standard InChI is InChI=1S/C19H30N6O3/c1-15-17(12-25(21-15)7-9-26)11-23-5-3-19(4-6-23)14-24(8-10-27-19)13-18-20-16(2)28-22-18/h12,26H,3-11,13-14H2,1-2H3. The van der Waals surface area contributed by atoms with Gasteiger partial charge in [-0.15, -0.1) is 0 Å². The van der Waals surface area contributed by atoms with Crippen molar-refractivity contribution < 1.29 is 14.4 Å². The van der Waals surface area contributed by atoms with Gasteiger partial charge in [0.15, 0.2) is 5.82 Å². The van der Waals surface area contributed by atoms with Crippen LogP contribution in [0.1, 0.15) is 35.8 Å². The van der Waals surface area contributed by atoms with Crippen molar-refractivity contribution in [2.75, 3.05) is 39.4 Å². The summed E-state index contributed by atoms with van der Waals surface area (Å²) in [6.45, 7) is 10.7. The van der Waals surface area contributed by atoms with Gasteiger partial charge in [0, 0.05) is 51.4 Å². The summed E-state index contributed by atoms with van der Waals surface area (Å²) in [5.74, 6) is 1.37. The van der Waals surface area contributed by atoms with E-state index in [0.717, 1.165) is 70.2 Å². The summed E-state index contributed by atoms with van der Waals surface area (Å²) in [6, 6.07) is 0. The van der Waals surface area contributed by atoms with E-state index in [1.807, 2.05) is 18.5 Å². The van der Waals surface area contributed by atoms with Crippen LogP contribution >= 0.6 is 0 Å². The summed E-state index contributed by atoms with van der Waals surface area (Å²) in [5.41, 5.74) is 2.22. The predicted octanol–water partition coefficient (Wildman–Crippen LogP) is 0.742. The molecule has 2 saturated heterocycles. The molecule has 4 rings (SSSR count). The normalized spacial score (nSPS) is 20.8. The molecule has 2 aliphatic rings. The monoisotopic (exact) mass is 390 g/mol. The van der Waals surface area contributed by atoms with Crippen LogP contribution in [0.5, 0.6) is 0 Å². The molecule has 2 aromatic rings. The number of likely N-dealkylation sites (tertiary alicyclic amines) is 1. The second-order valence-corrected chi connectivity index (χ2v) is 7.97. The molecule has 2 fully saturated rings. The lowest BCUT2D eigenvalue weighted by atomic mass is 9.89. The van der Waals surface area contributed by atoms with E-state index in [9.17, 15) is 0 Å². The number of aliphatic hydroxyl groups excluding tert-OH is 1. The molecule has 0 saturated carbocycles. The van der Waals surface area contributed by atoms with Crippen molar-refractivity contribution in [1.82, 2.24) is 29.7 Å². The highest BCUT2D eigenvalue weighted by atomic mass is 16.5. The SMILES string of the molecule is Cc1nc(CN2CCOC3(CCN(Cc4cn(CCO)nc4C)CC3)C2)no1. The van der Waals surface area contributed by atoms with Gasteiger partial charge in [0.05, 0.1) is 37.6 Å². The molecule has 0 bridgehead atoms. The van der Waals surface area contributed by atoms with Crippen molar-refractivity contribution in [2.24, 2.45) is 0 Å². The summed E-state index contributed by atoms with van der Waals surface area (Å²) >= 11 is 0. The Balaban J connectivity index is 1.31. The quantitative estimate of drug-likeness (QED) is 0.772. The van der Waals surface area contributed by atoms with Crippen molar-refractivity contribution in [1.29, 1.82) is 0 Å². The maximum Gasteiger partial charge on any atom is 0.223 e. The third kappa shape index (κ3) is 4.43. The molecule has 0 atom stereocenters. The predicted molar refractivity (Wildman–Crippen MR) is 102 cm³/mol. The first-order valence-corrected chi connectivity index (χ1v) is 10.1. The number of hydrogen-bond acceptors (Lipinski definition) is 8. The van der Waals surface area contributed by atoms with Gasteiger partial charge in [-0.25, -0.2) is 0 Å². The van der Waals surface area contributed by atoms with Crippen molar-refractivity contribution in [3.63, 3.8) is 0 Å². The second-order valence-electron chi connectivity index (χ2n) is 7.97. The third-order valence-corrected chi connectivity index (χ3v) is 5.80. The van der Waals surface area contributed by atoms with E-state index >= 15 is 0 Å². The zero-order valence-electron chi connectivity index (χ0n) is 16.8. The van der Waals surface area contributed by atoms with Gasteiger partial charge >= 0.3 is 0 Å². The van der Waals surface area contributed by atoms with Crippen LogP contribution in [0, 0.1) is 13.8 Å². The van der Waals surface area contributed by atoms with Gasteiger partial charge < -0.3 is 14.4 Å². The minimum atomic E-state index is -0.0658. The van der Waals surface area contributed by atoms with Crippen LogP contribution in [-0.2, 0) is 24.4 Å². The molecule has 0 aliphatic carbocycles. The van der Waals surface area contributed by atoms with Gasteiger partial charge in [-0.2, -0.15) is 10.1 Å². The minimum absolute atomic E-state index is 0.0658. The van der Waals surface area contributed by atoms with Gasteiger partial charge in [-0.05, 0) is 19.8 Å². The molecule has 28 heavy (non-hydrogen) atoms. The van der Waals surface area contributed by atoms with Crippen molar-refractivity contribution in [3.05, 3.63) is 29.2 Å². The lowest BCUT2D eigenvalue weighted by Gasteiger charge is -2.47. The Morgan fingerprint density at radius 2 is 1.96 bits per heavy atom. The van der Waals surface area contributed by atoms with E-state index < -0.39 is 0 Å². The maximum absolute atomic E-state index is 9.10. The Morgan fingerprint density at radius 3 is 2.68 bits per heavy atom. The molecule has 9 nitrogen and oxygen atoms in total. The molecule has 1 N–H and O–H groups in total.